The molecule has 2 heterocycles. The minimum atomic E-state index is 0.0952. The molecular formula is C11H12N2O. The maximum absolute atomic E-state index is 11.9. The Morgan fingerprint density at radius 1 is 1.36 bits per heavy atom. The van der Waals surface area contributed by atoms with E-state index in [0.717, 1.165) is 24.9 Å². The minimum absolute atomic E-state index is 0.0952. The normalized spacial score (nSPS) is 28.7. The monoisotopic (exact) mass is 188 g/mol. The number of likely N-dealkylation sites (tertiary alicyclic amines) is 1. The topological polar surface area (TPSA) is 33.2 Å². The van der Waals surface area contributed by atoms with Crippen molar-refractivity contribution in [2.75, 3.05) is 13.1 Å². The molecule has 0 aromatic carbocycles. The molecule has 1 saturated heterocycles. The van der Waals surface area contributed by atoms with Gasteiger partial charge < -0.3 is 4.90 Å². The Bertz CT molecular complexity index is 353. The third-order valence-corrected chi connectivity index (χ3v) is 3.15. The average Bonchev–Trinajstić information content (AvgIpc) is 2.86. The zero-order chi connectivity index (χ0) is 9.54. The molecule has 0 spiro atoms. The van der Waals surface area contributed by atoms with Gasteiger partial charge in [0.25, 0.3) is 5.91 Å². The Hall–Kier alpha value is -1.38. The molecule has 0 N–H and O–H groups in total. The summed E-state index contributed by atoms with van der Waals surface area (Å²) in [7, 11) is 0. The van der Waals surface area contributed by atoms with Crippen LogP contribution in [0.4, 0.5) is 0 Å². The molecule has 2 fully saturated rings. The zero-order valence-electron chi connectivity index (χ0n) is 7.89. The number of rotatable bonds is 1. The number of amides is 1. The molecule has 2 unspecified atom stereocenters. The molecule has 3 rings (SSSR count). The summed E-state index contributed by atoms with van der Waals surface area (Å²) in [6.07, 6.45) is 3.00. The van der Waals surface area contributed by atoms with Crippen molar-refractivity contribution in [3.8, 4) is 0 Å². The highest BCUT2D eigenvalue weighted by Crippen LogP contribution is 2.45. The first-order valence-electron chi connectivity index (χ1n) is 5.05. The third-order valence-electron chi connectivity index (χ3n) is 3.15. The van der Waals surface area contributed by atoms with Gasteiger partial charge in [0.05, 0.1) is 0 Å². The first-order chi connectivity index (χ1) is 6.84. The SMILES string of the molecule is O=C(c1ccccn1)N1CC2CC2C1. The lowest BCUT2D eigenvalue weighted by molar-refractivity contribution is 0.0770. The van der Waals surface area contributed by atoms with E-state index in [0.29, 0.717) is 5.69 Å². The smallest absolute Gasteiger partial charge is 0.272 e. The molecule has 72 valence electrons. The quantitative estimate of drug-likeness (QED) is 0.663. The second-order valence-corrected chi connectivity index (χ2v) is 4.18. The zero-order valence-corrected chi connectivity index (χ0v) is 7.89. The molecule has 1 aliphatic carbocycles. The van der Waals surface area contributed by atoms with Gasteiger partial charge in [-0.25, -0.2) is 0 Å². The predicted octanol–water partition coefficient (Wildman–Crippen LogP) is 1.17. The van der Waals surface area contributed by atoms with Crippen LogP contribution in [-0.2, 0) is 0 Å². The van der Waals surface area contributed by atoms with E-state index in [1.807, 2.05) is 17.0 Å². The highest BCUT2D eigenvalue weighted by Gasteiger charge is 2.46. The summed E-state index contributed by atoms with van der Waals surface area (Å²) in [4.78, 5) is 17.9. The van der Waals surface area contributed by atoms with Crippen LogP contribution < -0.4 is 0 Å². The van der Waals surface area contributed by atoms with Gasteiger partial charge in [-0.05, 0) is 30.4 Å². The molecule has 2 atom stereocenters. The van der Waals surface area contributed by atoms with Crippen LogP contribution in [0.2, 0.25) is 0 Å². The summed E-state index contributed by atoms with van der Waals surface area (Å²) >= 11 is 0. The number of nitrogens with zero attached hydrogens (tertiary/aromatic N) is 2. The second-order valence-electron chi connectivity index (χ2n) is 4.18. The Kier molecular flexibility index (Phi) is 1.60. The number of pyridine rings is 1. The molecule has 2 aliphatic rings. The summed E-state index contributed by atoms with van der Waals surface area (Å²) < 4.78 is 0. The first kappa shape index (κ1) is 7.97. The number of carbonyl (C=O) groups is 1. The highest BCUT2D eigenvalue weighted by atomic mass is 16.2. The van der Waals surface area contributed by atoms with Crippen LogP contribution in [0.3, 0.4) is 0 Å². The summed E-state index contributed by atoms with van der Waals surface area (Å²) in [5, 5.41) is 0. The van der Waals surface area contributed by atoms with Crippen LogP contribution in [0.5, 0.6) is 0 Å². The molecule has 0 bridgehead atoms. The molecule has 1 aromatic heterocycles. The summed E-state index contributed by atoms with van der Waals surface area (Å²) in [5.41, 5.74) is 0.578. The van der Waals surface area contributed by atoms with Gasteiger partial charge in [0.1, 0.15) is 5.69 Å². The van der Waals surface area contributed by atoms with Crippen LogP contribution >= 0.6 is 0 Å². The van der Waals surface area contributed by atoms with E-state index in [1.165, 1.54) is 6.42 Å². The summed E-state index contributed by atoms with van der Waals surface area (Å²) in [6.45, 7) is 1.89. The van der Waals surface area contributed by atoms with E-state index in [-0.39, 0.29) is 5.91 Å². The molecule has 3 heteroatoms. The highest BCUT2D eigenvalue weighted by molar-refractivity contribution is 5.92. The fraction of sp³-hybridized carbons (Fsp3) is 0.455. The average molecular weight is 188 g/mol. The van der Waals surface area contributed by atoms with Crippen molar-refractivity contribution in [3.63, 3.8) is 0 Å². The van der Waals surface area contributed by atoms with Gasteiger partial charge in [0.2, 0.25) is 0 Å². The predicted molar refractivity (Wildman–Crippen MR) is 51.7 cm³/mol. The molecule has 1 aliphatic heterocycles. The number of aromatic nitrogens is 1. The van der Waals surface area contributed by atoms with E-state index in [2.05, 4.69) is 4.98 Å². The van der Waals surface area contributed by atoms with Crippen LogP contribution in [0.1, 0.15) is 16.9 Å². The summed E-state index contributed by atoms with van der Waals surface area (Å²) in [5.74, 6) is 1.68. The largest absolute Gasteiger partial charge is 0.337 e. The van der Waals surface area contributed by atoms with E-state index in [9.17, 15) is 4.79 Å². The van der Waals surface area contributed by atoms with Gasteiger partial charge >= 0.3 is 0 Å². The van der Waals surface area contributed by atoms with Crippen molar-refractivity contribution in [1.29, 1.82) is 0 Å². The Morgan fingerprint density at radius 3 is 2.79 bits per heavy atom. The van der Waals surface area contributed by atoms with Crippen molar-refractivity contribution >= 4 is 5.91 Å². The van der Waals surface area contributed by atoms with E-state index >= 15 is 0 Å². The molecule has 14 heavy (non-hydrogen) atoms. The molecular weight excluding hydrogens is 176 g/mol. The van der Waals surface area contributed by atoms with Crippen molar-refractivity contribution in [2.45, 2.75) is 6.42 Å². The minimum Gasteiger partial charge on any atom is -0.337 e. The van der Waals surface area contributed by atoms with E-state index < -0.39 is 0 Å². The van der Waals surface area contributed by atoms with Crippen molar-refractivity contribution in [2.24, 2.45) is 11.8 Å². The van der Waals surface area contributed by atoms with Gasteiger partial charge in [0.15, 0.2) is 0 Å². The van der Waals surface area contributed by atoms with Crippen LogP contribution in [0.25, 0.3) is 0 Å². The number of fused-ring (bicyclic) bond motifs is 1. The van der Waals surface area contributed by atoms with E-state index in [1.54, 1.807) is 12.3 Å². The first-order valence-corrected chi connectivity index (χ1v) is 5.05. The van der Waals surface area contributed by atoms with Gasteiger partial charge in [-0.2, -0.15) is 0 Å². The van der Waals surface area contributed by atoms with Crippen molar-refractivity contribution < 1.29 is 4.79 Å². The molecule has 0 radical (unpaired) electrons. The van der Waals surface area contributed by atoms with Gasteiger partial charge in [0, 0.05) is 19.3 Å². The number of hydrogen-bond donors (Lipinski definition) is 0. The molecule has 1 saturated carbocycles. The van der Waals surface area contributed by atoms with Gasteiger partial charge in [-0.15, -0.1) is 0 Å². The fourth-order valence-electron chi connectivity index (χ4n) is 2.22. The lowest BCUT2D eigenvalue weighted by atomic mass is 10.3. The van der Waals surface area contributed by atoms with Crippen molar-refractivity contribution in [3.05, 3.63) is 30.1 Å². The third kappa shape index (κ3) is 1.20. The van der Waals surface area contributed by atoms with Gasteiger partial charge in [-0.3, -0.25) is 9.78 Å². The number of piperidine rings is 1. The Labute approximate surface area is 82.8 Å². The Balaban J connectivity index is 1.77. The standard InChI is InChI=1S/C11H12N2O/c14-11(10-3-1-2-4-12-10)13-6-8-5-9(8)7-13/h1-4,8-9H,5-7H2. The van der Waals surface area contributed by atoms with Crippen LogP contribution in [-0.4, -0.2) is 28.9 Å². The van der Waals surface area contributed by atoms with Crippen molar-refractivity contribution in [1.82, 2.24) is 9.88 Å². The van der Waals surface area contributed by atoms with Gasteiger partial charge in [-0.1, -0.05) is 6.07 Å². The lowest BCUT2D eigenvalue weighted by Gasteiger charge is -2.16. The lowest BCUT2D eigenvalue weighted by Crippen LogP contribution is -2.30. The maximum atomic E-state index is 11.9. The van der Waals surface area contributed by atoms with Crippen LogP contribution in [0.15, 0.2) is 24.4 Å². The molecule has 1 amide bonds. The maximum Gasteiger partial charge on any atom is 0.272 e. The number of carbonyl (C=O) groups excluding carboxylic acids is 1. The second kappa shape index (κ2) is 2.80. The molecule has 1 aromatic rings. The molecule has 3 nitrogen and oxygen atoms in total. The summed E-state index contributed by atoms with van der Waals surface area (Å²) in [6, 6.07) is 5.47. The number of hydrogen-bond acceptors (Lipinski definition) is 2. The van der Waals surface area contributed by atoms with Crippen LogP contribution in [0, 0.1) is 11.8 Å². The Morgan fingerprint density at radius 2 is 2.14 bits per heavy atom. The fourth-order valence-corrected chi connectivity index (χ4v) is 2.22. The van der Waals surface area contributed by atoms with E-state index in [4.69, 9.17) is 0 Å².